The summed E-state index contributed by atoms with van der Waals surface area (Å²) >= 11 is 3.22. The fraction of sp³-hybridized carbons (Fsp3) is 0.500. The van der Waals surface area contributed by atoms with Gasteiger partial charge in [0.25, 0.3) is 0 Å². The van der Waals surface area contributed by atoms with E-state index in [4.69, 9.17) is 19.8 Å². The van der Waals surface area contributed by atoms with Gasteiger partial charge in [0, 0.05) is 0 Å². The van der Waals surface area contributed by atoms with Crippen molar-refractivity contribution in [2.45, 2.75) is 27.7 Å². The third-order valence-electron chi connectivity index (χ3n) is 0. The van der Waals surface area contributed by atoms with Crippen LogP contribution in [0.4, 0.5) is 0 Å². The molecule has 0 aromatic heterocycles. The molecule has 0 aliphatic carbocycles. The molecular weight excluding hydrogens is 621 g/mol. The Balaban J connectivity index is -0.0000000190. The summed E-state index contributed by atoms with van der Waals surface area (Å²) in [6, 6.07) is 0. The molecule has 0 fully saturated rings. The number of hydrogen-bond donors (Lipinski definition) is 2. The number of halogens is 2. The molecule has 0 saturated heterocycles. The number of hydrogen-bond acceptors (Lipinski definition) is 4. The van der Waals surface area contributed by atoms with Crippen LogP contribution in [-0.4, -0.2) is 22.8 Å². The molecule has 104 valence electrons. The Bertz CT molecular complexity index is 64.0. The van der Waals surface area contributed by atoms with E-state index in [1.54, 1.807) is 50.8 Å². The Morgan fingerprint density at radius 2 is 0.875 bits per heavy atom. The van der Waals surface area contributed by atoms with Crippen molar-refractivity contribution in [2.75, 3.05) is 0 Å². The van der Waals surface area contributed by atoms with Crippen molar-refractivity contribution >= 4 is 31.4 Å². The second kappa shape index (κ2) is 138. The van der Waals surface area contributed by atoms with E-state index < -0.39 is 0 Å². The van der Waals surface area contributed by atoms with Crippen LogP contribution in [0.15, 0.2) is 0 Å². The van der Waals surface area contributed by atoms with Crippen LogP contribution >= 0.6 is 18.8 Å². The van der Waals surface area contributed by atoms with Crippen molar-refractivity contribution in [3.8, 4) is 0 Å². The Morgan fingerprint density at radius 1 is 0.875 bits per heavy atom. The number of aliphatic hydroxyl groups excluding tert-OH is 2. The maximum absolute atomic E-state index is 8.68. The first kappa shape index (κ1) is 36.0. The minimum atomic E-state index is 1.32. The molecule has 0 saturated carbocycles. The molecule has 0 heterocycles. The van der Waals surface area contributed by atoms with Gasteiger partial charge in [0.05, 0.1) is 0 Å². The Hall–Kier alpha value is 1.22. The van der Waals surface area contributed by atoms with Crippen molar-refractivity contribution in [1.29, 1.82) is 0 Å². The molecule has 4 nitrogen and oxygen atoms in total. The minimum absolute atomic E-state index is 1.32. The van der Waals surface area contributed by atoms with E-state index in [-0.39, 0.29) is 0 Å². The van der Waals surface area contributed by atoms with Gasteiger partial charge in [0.15, 0.2) is 0 Å². The third kappa shape index (κ3) is 2080. The predicted octanol–water partition coefficient (Wildman–Crippen LogP) is 2.44. The van der Waals surface area contributed by atoms with E-state index in [1.165, 1.54) is 40.3 Å². The molecule has 4 radical (unpaired) electrons. The summed E-state index contributed by atoms with van der Waals surface area (Å²) in [5, 5.41) is 14.6. The van der Waals surface area contributed by atoms with Crippen molar-refractivity contribution < 1.29 is 57.3 Å². The van der Waals surface area contributed by atoms with Gasteiger partial charge in [-0.05, 0) is 13.8 Å². The van der Waals surface area contributed by atoms with Gasteiger partial charge in [-0.2, -0.15) is 13.8 Å². The summed E-state index contributed by atoms with van der Waals surface area (Å²) in [6.45, 7) is 9.00. The van der Waals surface area contributed by atoms with Gasteiger partial charge in [-0.15, -0.1) is 0 Å². The van der Waals surface area contributed by atoms with E-state index in [0.29, 0.717) is 0 Å². The first-order valence-electron chi connectivity index (χ1n) is 3.09. The maximum atomic E-state index is 8.68. The number of carbonyl (C=O) groups excluding carboxylic acids is 2. The average molecular weight is 635 g/mol. The van der Waals surface area contributed by atoms with Gasteiger partial charge in [-0.25, -0.2) is 0 Å². The second-order valence-electron chi connectivity index (χ2n) is 0.855. The summed E-state index contributed by atoms with van der Waals surface area (Å²) in [4.78, 5) is 17.4. The molecule has 0 aliphatic heterocycles. The van der Waals surface area contributed by atoms with Crippen molar-refractivity contribution in [3.63, 3.8) is 0 Å². The van der Waals surface area contributed by atoms with Gasteiger partial charge in [-0.3, -0.25) is 12.6 Å². The zero-order chi connectivity index (χ0) is 14.8. The summed E-state index contributed by atoms with van der Waals surface area (Å²) in [6.07, 6.45) is 3.00. The average Bonchev–Trinajstić information content (AvgIpc) is 2.27. The van der Waals surface area contributed by atoms with Crippen LogP contribution in [-0.2, 0) is 47.1 Å². The van der Waals surface area contributed by atoms with Crippen molar-refractivity contribution in [3.05, 3.63) is 13.2 Å². The Labute approximate surface area is 129 Å². The Morgan fingerprint density at radius 3 is 0.875 bits per heavy atom. The molecule has 0 unspecified atom stereocenters. The Kier molecular flexibility index (Phi) is 310. The van der Waals surface area contributed by atoms with E-state index in [9.17, 15) is 0 Å². The normalized spacial score (nSPS) is 4.75. The van der Waals surface area contributed by atoms with E-state index >= 15 is 0 Å². The van der Waals surface area contributed by atoms with E-state index in [2.05, 4.69) is 18.8 Å². The SMILES string of the molecule is C[C-]=O.C[C-]=O.C[C]O.C[C]O.[Cl][Pt+].[Cl][Pt+]. The zero-order valence-electron chi connectivity index (χ0n) is 9.10. The molecule has 0 bridgehead atoms. The first-order valence-corrected chi connectivity index (χ1v) is 8.73. The molecule has 8 heteroatoms. The van der Waals surface area contributed by atoms with Gasteiger partial charge >= 0.3 is 56.4 Å². The van der Waals surface area contributed by atoms with Crippen LogP contribution in [0.1, 0.15) is 27.7 Å². The first-order chi connectivity index (χ1) is 7.66. The number of rotatable bonds is 0. The molecule has 2 N–H and O–H groups in total. The molecule has 0 aliphatic rings. The molecule has 0 amide bonds. The van der Waals surface area contributed by atoms with Gasteiger partial charge in [-0.1, -0.05) is 0 Å². The standard InChI is InChI=1S/2C2H4O.2C2H3O.2ClH.2Pt/c4*1-2-3;;;;/h2*3H,1H3;2*1H3;2*1H;;/q;;2*-1;;;2*+2/p-2. The molecule has 0 spiro atoms. The van der Waals surface area contributed by atoms with Gasteiger partial charge < -0.3 is 19.8 Å². The fourth-order valence-electron chi connectivity index (χ4n) is 0. The van der Waals surface area contributed by atoms with Gasteiger partial charge in [0.2, 0.25) is 0 Å². The molecule has 0 rings (SSSR count). The predicted molar refractivity (Wildman–Crippen MR) is 56.1 cm³/mol. The molecule has 0 aromatic carbocycles. The molecule has 0 aromatic rings. The van der Waals surface area contributed by atoms with Crippen LogP contribution in [0.3, 0.4) is 0 Å². The topological polar surface area (TPSA) is 74.6 Å². The summed E-state index contributed by atoms with van der Waals surface area (Å²) in [7, 11) is 9.22. The van der Waals surface area contributed by atoms with E-state index in [0.717, 1.165) is 0 Å². The quantitative estimate of drug-likeness (QED) is 0.402. The zero-order valence-corrected chi connectivity index (χ0v) is 15.2. The van der Waals surface area contributed by atoms with Crippen LogP contribution in [0.2, 0.25) is 0 Å². The second-order valence-corrected chi connectivity index (χ2v) is 0.855. The monoisotopic (exact) mass is 634 g/mol. The van der Waals surface area contributed by atoms with Crippen molar-refractivity contribution in [2.24, 2.45) is 0 Å². The summed E-state index contributed by atoms with van der Waals surface area (Å²) in [5.74, 6) is 0. The van der Waals surface area contributed by atoms with E-state index in [1.807, 2.05) is 0 Å². The summed E-state index contributed by atoms with van der Waals surface area (Å²) in [5.41, 5.74) is 0. The van der Waals surface area contributed by atoms with Crippen molar-refractivity contribution in [1.82, 2.24) is 0 Å². The molecule has 16 heavy (non-hydrogen) atoms. The van der Waals surface area contributed by atoms with Crippen LogP contribution in [0, 0.1) is 13.2 Å². The molecular formula is C8H14Cl2O4Pt2. The third-order valence-corrected chi connectivity index (χ3v) is 0. The number of aliphatic hydroxyl groups is 2. The fourth-order valence-corrected chi connectivity index (χ4v) is 0. The van der Waals surface area contributed by atoms with Crippen LogP contribution in [0.25, 0.3) is 0 Å². The molecule has 0 atom stereocenters. The summed E-state index contributed by atoms with van der Waals surface area (Å²) < 4.78 is 0. The van der Waals surface area contributed by atoms with Crippen LogP contribution in [0.5, 0.6) is 0 Å². The van der Waals surface area contributed by atoms with Crippen LogP contribution < -0.4 is 0 Å². The van der Waals surface area contributed by atoms with Gasteiger partial charge in [0.1, 0.15) is 13.2 Å².